The Bertz CT molecular complexity index is 1760. The molecule has 4 aromatic carbocycles. The summed E-state index contributed by atoms with van der Waals surface area (Å²) in [4.78, 5) is 22.4. The molecule has 214 valence electrons. The Labute approximate surface area is 244 Å². The molecule has 0 spiro atoms. The number of fused-ring (bicyclic) bond motifs is 1. The minimum Gasteiger partial charge on any atom is -0.497 e. The van der Waals surface area contributed by atoms with Crippen molar-refractivity contribution < 1.29 is 27.8 Å². The van der Waals surface area contributed by atoms with Crippen LogP contribution in [0, 0.1) is 0 Å². The quantitative estimate of drug-likeness (QED) is 0.171. The lowest BCUT2D eigenvalue weighted by Gasteiger charge is -2.23. The molecule has 0 aliphatic carbocycles. The van der Waals surface area contributed by atoms with Crippen molar-refractivity contribution in [3.05, 3.63) is 96.6 Å². The number of benzene rings is 4. The summed E-state index contributed by atoms with van der Waals surface area (Å²) in [7, 11) is 4.56. The number of para-hydroxylation sites is 3. The van der Waals surface area contributed by atoms with Gasteiger partial charge in [-0.05, 0) is 42.5 Å². The lowest BCUT2D eigenvalue weighted by Crippen LogP contribution is -2.22. The van der Waals surface area contributed by atoms with Gasteiger partial charge in [0.2, 0.25) is 0 Å². The van der Waals surface area contributed by atoms with Crippen LogP contribution in [0.2, 0.25) is 0 Å². The number of methoxy groups -OCH3 is 3. The molecule has 12 heteroatoms. The summed E-state index contributed by atoms with van der Waals surface area (Å²) in [6.45, 7) is 0. The van der Waals surface area contributed by atoms with Crippen molar-refractivity contribution in [3.8, 4) is 17.2 Å². The van der Waals surface area contributed by atoms with E-state index < -0.39 is 17.2 Å². The minimum absolute atomic E-state index is 0.0736. The van der Waals surface area contributed by atoms with Gasteiger partial charge in [-0.1, -0.05) is 30.3 Å². The Hall–Kier alpha value is -5.20. The molecule has 42 heavy (non-hydrogen) atoms. The largest absolute Gasteiger partial charge is 0.497 e. The summed E-state index contributed by atoms with van der Waals surface area (Å²) in [5.41, 5.74) is 2.65. The highest BCUT2D eigenvalue weighted by atomic mass is 32.2. The highest BCUT2D eigenvalue weighted by molar-refractivity contribution is 7.81. The summed E-state index contributed by atoms with van der Waals surface area (Å²) in [5.74, 6) is 1.36. The number of amides is 1. The van der Waals surface area contributed by atoms with E-state index in [9.17, 15) is 13.6 Å². The number of anilines is 5. The van der Waals surface area contributed by atoms with Crippen LogP contribution in [-0.2, 0) is 11.3 Å². The molecular formula is C30H27N5O6S. The van der Waals surface area contributed by atoms with Crippen LogP contribution in [-0.4, -0.2) is 46.0 Å². The van der Waals surface area contributed by atoms with E-state index in [-0.39, 0.29) is 17.3 Å². The summed E-state index contributed by atoms with van der Waals surface area (Å²) < 4.78 is 40.6. The second kappa shape index (κ2) is 12.5. The number of rotatable bonds is 10. The standard InChI is InChI=1S/C30H27N5O6S/c1-39-22-16-20(17-23(18-22)40-2)31-28-29(34-26-13-6-5-12-25(26)33-28)35(42(37)38)21-10-8-9-19(15-21)32-30(36)24-11-4-7-14-27(24)41-3/h4-18H,1-3H3,(H,31,33)(H,32,36)(H,37,38). The fraction of sp³-hybridized carbons (Fsp3) is 0.100. The molecular weight excluding hydrogens is 558 g/mol. The van der Waals surface area contributed by atoms with Crippen molar-refractivity contribution in [2.75, 3.05) is 36.3 Å². The van der Waals surface area contributed by atoms with Crippen LogP contribution in [0.1, 0.15) is 10.4 Å². The summed E-state index contributed by atoms with van der Waals surface area (Å²) in [6.07, 6.45) is 0. The first-order valence-corrected chi connectivity index (χ1v) is 13.7. The van der Waals surface area contributed by atoms with Gasteiger partial charge in [-0.15, -0.1) is 0 Å². The smallest absolute Gasteiger partial charge is 0.268 e. The fourth-order valence-electron chi connectivity index (χ4n) is 4.26. The first kappa shape index (κ1) is 28.3. The number of nitrogens with zero attached hydrogens (tertiary/aromatic N) is 3. The van der Waals surface area contributed by atoms with E-state index in [4.69, 9.17) is 24.2 Å². The van der Waals surface area contributed by atoms with Crippen LogP contribution in [0.15, 0.2) is 91.0 Å². The van der Waals surface area contributed by atoms with E-state index in [1.807, 2.05) is 6.07 Å². The third kappa shape index (κ3) is 6.09. The molecule has 0 saturated heterocycles. The molecule has 0 aliphatic rings. The molecule has 0 fully saturated rings. The zero-order chi connectivity index (χ0) is 29.6. The van der Waals surface area contributed by atoms with Crippen molar-refractivity contribution in [2.45, 2.75) is 0 Å². The topological polar surface area (TPSA) is 135 Å². The number of carbonyl (C=O) groups is 1. The van der Waals surface area contributed by atoms with Crippen molar-refractivity contribution in [1.82, 2.24) is 9.97 Å². The van der Waals surface area contributed by atoms with Gasteiger partial charge >= 0.3 is 0 Å². The highest BCUT2D eigenvalue weighted by Crippen LogP contribution is 2.36. The van der Waals surface area contributed by atoms with Crippen LogP contribution in [0.4, 0.5) is 28.7 Å². The molecule has 0 radical (unpaired) electrons. The van der Waals surface area contributed by atoms with Gasteiger partial charge in [0.15, 0.2) is 11.6 Å². The van der Waals surface area contributed by atoms with Crippen LogP contribution in [0.5, 0.6) is 17.2 Å². The van der Waals surface area contributed by atoms with E-state index >= 15 is 0 Å². The van der Waals surface area contributed by atoms with Gasteiger partial charge in [-0.25, -0.2) is 18.5 Å². The first-order valence-electron chi connectivity index (χ1n) is 12.6. The van der Waals surface area contributed by atoms with Gasteiger partial charge in [0.05, 0.1) is 43.6 Å². The van der Waals surface area contributed by atoms with Gasteiger partial charge in [0.1, 0.15) is 17.2 Å². The van der Waals surface area contributed by atoms with E-state index in [0.29, 0.717) is 45.2 Å². The van der Waals surface area contributed by atoms with Crippen molar-refractivity contribution in [3.63, 3.8) is 0 Å². The zero-order valence-corrected chi connectivity index (χ0v) is 23.7. The van der Waals surface area contributed by atoms with Crippen molar-refractivity contribution in [1.29, 1.82) is 0 Å². The Kier molecular flexibility index (Phi) is 8.46. The monoisotopic (exact) mass is 585 g/mol. The number of hydrogen-bond donors (Lipinski definition) is 3. The molecule has 5 aromatic rings. The molecule has 1 amide bonds. The molecule has 1 unspecified atom stereocenters. The molecule has 5 rings (SSSR count). The number of aromatic nitrogens is 2. The zero-order valence-electron chi connectivity index (χ0n) is 22.9. The van der Waals surface area contributed by atoms with Crippen LogP contribution in [0.3, 0.4) is 0 Å². The molecule has 11 nitrogen and oxygen atoms in total. The normalized spacial score (nSPS) is 11.4. The Morgan fingerprint density at radius 3 is 2.12 bits per heavy atom. The maximum Gasteiger partial charge on any atom is 0.268 e. The average Bonchev–Trinajstić information content (AvgIpc) is 3.01. The molecule has 1 atom stereocenters. The van der Waals surface area contributed by atoms with E-state index in [0.717, 1.165) is 4.31 Å². The van der Waals surface area contributed by atoms with E-state index in [1.165, 1.54) is 21.3 Å². The fourth-order valence-corrected chi connectivity index (χ4v) is 4.83. The predicted octanol–water partition coefficient (Wildman–Crippen LogP) is 5.93. The van der Waals surface area contributed by atoms with E-state index in [1.54, 1.807) is 84.9 Å². The maximum absolute atomic E-state index is 13.0. The third-order valence-electron chi connectivity index (χ3n) is 6.21. The second-order valence-electron chi connectivity index (χ2n) is 8.84. The minimum atomic E-state index is -2.58. The number of ether oxygens (including phenoxy) is 3. The Morgan fingerprint density at radius 1 is 0.786 bits per heavy atom. The molecule has 0 aliphatic heterocycles. The summed E-state index contributed by atoms with van der Waals surface area (Å²) in [6, 6.07) is 25.7. The molecule has 1 aromatic heterocycles. The average molecular weight is 586 g/mol. The second-order valence-corrected chi connectivity index (χ2v) is 9.67. The highest BCUT2D eigenvalue weighted by Gasteiger charge is 2.24. The molecule has 1 heterocycles. The van der Waals surface area contributed by atoms with Crippen molar-refractivity contribution in [2.24, 2.45) is 0 Å². The van der Waals surface area contributed by atoms with Gasteiger partial charge in [-0.3, -0.25) is 9.35 Å². The maximum atomic E-state index is 13.0. The number of hydrogen-bond acceptors (Lipinski definition) is 8. The molecule has 0 bridgehead atoms. The SMILES string of the molecule is COc1cc(Nc2nc3ccccc3nc2N(c2cccc(NC(=O)c3ccccc3OC)c2)S(=O)O)cc(OC)c1. The number of carbonyl (C=O) groups excluding carboxylic acids is 1. The van der Waals surface area contributed by atoms with Gasteiger partial charge < -0.3 is 24.8 Å². The summed E-state index contributed by atoms with van der Waals surface area (Å²) >= 11 is -2.58. The molecule has 3 N–H and O–H groups in total. The number of nitrogens with one attached hydrogen (secondary N) is 2. The van der Waals surface area contributed by atoms with Gasteiger partial charge in [0, 0.05) is 29.6 Å². The van der Waals surface area contributed by atoms with Crippen LogP contribution in [0.25, 0.3) is 11.0 Å². The third-order valence-corrected chi connectivity index (χ3v) is 6.90. The Balaban J connectivity index is 1.57. The lowest BCUT2D eigenvalue weighted by atomic mass is 10.2. The first-order chi connectivity index (χ1) is 20.4. The molecule has 0 saturated carbocycles. The summed E-state index contributed by atoms with van der Waals surface area (Å²) in [5, 5.41) is 6.02. The van der Waals surface area contributed by atoms with Crippen LogP contribution < -0.4 is 29.1 Å². The van der Waals surface area contributed by atoms with Crippen LogP contribution >= 0.6 is 0 Å². The van der Waals surface area contributed by atoms with Gasteiger partial charge in [0.25, 0.3) is 17.2 Å². The predicted molar refractivity (Wildman–Crippen MR) is 163 cm³/mol. The Morgan fingerprint density at radius 2 is 1.45 bits per heavy atom. The lowest BCUT2D eigenvalue weighted by molar-refractivity contribution is 0.102. The van der Waals surface area contributed by atoms with Crippen molar-refractivity contribution >= 4 is 56.9 Å². The van der Waals surface area contributed by atoms with E-state index in [2.05, 4.69) is 10.6 Å². The van der Waals surface area contributed by atoms with Gasteiger partial charge in [-0.2, -0.15) is 0 Å².